The molecule has 4 N–H and O–H groups in total. The van der Waals surface area contributed by atoms with E-state index in [4.69, 9.17) is 22.8 Å². The number of rotatable bonds is 1. The minimum Gasteiger partial charge on any atom is -0.291 e. The minimum atomic E-state index is -1.92. The monoisotopic (exact) mass is 190 g/mol. The number of hydrogen-bond acceptors (Lipinski definition) is 1. The summed E-state index contributed by atoms with van der Waals surface area (Å²) in [5.74, 6) is 1.71. The average Bonchev–Trinajstić information content (AvgIpc) is 2.42. The molecule has 64 valence electrons. The Morgan fingerprint density at radius 3 is 2.18 bits per heavy atom. The van der Waals surface area contributed by atoms with E-state index in [1.807, 2.05) is 0 Å². The third-order valence-electron chi connectivity index (χ3n) is 3.22. The van der Waals surface area contributed by atoms with E-state index in [0.717, 1.165) is 11.8 Å². The summed E-state index contributed by atoms with van der Waals surface area (Å²) in [7, 11) is 0. The fourth-order valence-corrected chi connectivity index (χ4v) is 5.04. The third kappa shape index (κ3) is 1.40. The molecule has 4 heteroatoms. The third-order valence-corrected chi connectivity index (χ3v) is 5.70. The fourth-order valence-electron chi connectivity index (χ4n) is 2.71. The quantitative estimate of drug-likeness (QED) is 0.614. The van der Waals surface area contributed by atoms with Crippen molar-refractivity contribution in [1.82, 2.24) is 0 Å². The summed E-state index contributed by atoms with van der Waals surface area (Å²) in [6.07, 6.45) is 3.40. The zero-order valence-corrected chi connectivity index (χ0v) is 8.28. The summed E-state index contributed by atoms with van der Waals surface area (Å²) in [5, 5.41) is 0. The van der Waals surface area contributed by atoms with Gasteiger partial charge in [0.05, 0.1) is 6.34 Å². The van der Waals surface area contributed by atoms with Crippen LogP contribution in [0.2, 0.25) is 0 Å². The Balaban J connectivity index is 2.14. The summed E-state index contributed by atoms with van der Waals surface area (Å²) >= 11 is 5.18. The predicted molar refractivity (Wildman–Crippen MR) is 51.9 cm³/mol. The predicted octanol–water partition coefficient (Wildman–Crippen LogP) is 1.40. The SMILES string of the molecule is NP(N)(=S)C1CC2CCC1C2. The zero-order valence-electron chi connectivity index (χ0n) is 6.57. The molecule has 0 radical (unpaired) electrons. The van der Waals surface area contributed by atoms with Gasteiger partial charge in [-0.25, -0.2) is 0 Å². The van der Waals surface area contributed by atoms with E-state index < -0.39 is 6.34 Å². The van der Waals surface area contributed by atoms with Crippen LogP contribution in [0, 0.1) is 11.8 Å². The standard InChI is InChI=1S/C7H15N2PS/c8-10(9,11)7-4-5-1-2-6(7)3-5/h5-7H,1-4H2,(H4,8,9,11). The Bertz CT molecular complexity index is 212. The first-order valence-corrected chi connectivity index (χ1v) is 7.25. The van der Waals surface area contributed by atoms with Crippen molar-refractivity contribution in [3.05, 3.63) is 0 Å². The van der Waals surface area contributed by atoms with E-state index in [1.54, 1.807) is 0 Å². The second-order valence-electron chi connectivity index (χ2n) is 4.01. The second-order valence-corrected chi connectivity index (χ2v) is 8.09. The van der Waals surface area contributed by atoms with Gasteiger partial charge < -0.3 is 0 Å². The Morgan fingerprint density at radius 1 is 1.18 bits per heavy atom. The number of fused-ring (bicyclic) bond motifs is 2. The molecule has 2 aliphatic carbocycles. The summed E-state index contributed by atoms with van der Waals surface area (Å²) in [5.41, 5.74) is 12.2. The molecule has 2 saturated carbocycles. The normalized spacial score (nSPS) is 43.3. The first-order chi connectivity index (χ1) is 5.07. The van der Waals surface area contributed by atoms with Crippen LogP contribution < -0.4 is 11.0 Å². The van der Waals surface area contributed by atoms with E-state index in [2.05, 4.69) is 0 Å². The van der Waals surface area contributed by atoms with Crippen molar-refractivity contribution in [2.24, 2.45) is 22.8 Å². The van der Waals surface area contributed by atoms with Crippen molar-refractivity contribution >= 4 is 18.1 Å². The molecule has 3 unspecified atom stereocenters. The van der Waals surface area contributed by atoms with E-state index in [1.165, 1.54) is 25.7 Å². The van der Waals surface area contributed by atoms with Crippen LogP contribution in [0.25, 0.3) is 0 Å². The van der Waals surface area contributed by atoms with Crippen LogP contribution >= 0.6 is 6.34 Å². The molecule has 2 aliphatic rings. The molecule has 0 aromatic rings. The highest BCUT2D eigenvalue weighted by Crippen LogP contribution is 2.56. The number of nitrogens with two attached hydrogens (primary N) is 2. The van der Waals surface area contributed by atoms with Gasteiger partial charge in [0.2, 0.25) is 0 Å². The van der Waals surface area contributed by atoms with Crippen LogP contribution in [0.3, 0.4) is 0 Å². The van der Waals surface area contributed by atoms with Crippen LogP contribution in [0.5, 0.6) is 0 Å². The molecule has 2 rings (SSSR count). The van der Waals surface area contributed by atoms with Crippen molar-refractivity contribution in [2.75, 3.05) is 0 Å². The van der Waals surface area contributed by atoms with Gasteiger partial charge in [0.1, 0.15) is 0 Å². The summed E-state index contributed by atoms with van der Waals surface area (Å²) in [6.45, 7) is 0. The average molecular weight is 190 g/mol. The van der Waals surface area contributed by atoms with Crippen LogP contribution in [0.1, 0.15) is 25.7 Å². The Kier molecular flexibility index (Phi) is 1.88. The Morgan fingerprint density at radius 2 is 1.91 bits per heavy atom. The highest BCUT2D eigenvalue weighted by molar-refractivity contribution is 8.12. The highest BCUT2D eigenvalue weighted by atomic mass is 32.4. The second kappa shape index (κ2) is 2.53. The molecule has 0 amide bonds. The van der Waals surface area contributed by atoms with Gasteiger partial charge in [-0.2, -0.15) is 0 Å². The zero-order chi connectivity index (χ0) is 8.06. The first kappa shape index (κ1) is 8.18. The molecule has 0 aliphatic heterocycles. The smallest absolute Gasteiger partial charge is 0.0704 e. The van der Waals surface area contributed by atoms with Gasteiger partial charge in [-0.15, -0.1) is 0 Å². The summed E-state index contributed by atoms with van der Waals surface area (Å²) < 4.78 is 0. The van der Waals surface area contributed by atoms with Crippen LogP contribution in [0.15, 0.2) is 0 Å². The Labute approximate surface area is 72.8 Å². The molecule has 0 aromatic carbocycles. The van der Waals surface area contributed by atoms with Gasteiger partial charge in [0, 0.05) is 5.66 Å². The van der Waals surface area contributed by atoms with E-state index in [-0.39, 0.29) is 0 Å². The molecule has 2 fully saturated rings. The molecular formula is C7H15N2PS. The number of hydrogen-bond donors (Lipinski definition) is 2. The van der Waals surface area contributed by atoms with Gasteiger partial charge in [-0.05, 0) is 31.1 Å². The van der Waals surface area contributed by atoms with E-state index >= 15 is 0 Å². The minimum absolute atomic E-state index is 0.524. The van der Waals surface area contributed by atoms with Crippen molar-refractivity contribution in [3.8, 4) is 0 Å². The van der Waals surface area contributed by atoms with Gasteiger partial charge in [-0.3, -0.25) is 11.0 Å². The molecule has 2 nitrogen and oxygen atoms in total. The molecule has 0 saturated heterocycles. The first-order valence-electron chi connectivity index (χ1n) is 4.24. The van der Waals surface area contributed by atoms with E-state index in [0.29, 0.717) is 5.66 Å². The van der Waals surface area contributed by atoms with Crippen molar-refractivity contribution in [1.29, 1.82) is 0 Å². The lowest BCUT2D eigenvalue weighted by Crippen LogP contribution is -2.25. The molecule has 2 bridgehead atoms. The van der Waals surface area contributed by atoms with Gasteiger partial charge >= 0.3 is 0 Å². The molecule has 0 spiro atoms. The van der Waals surface area contributed by atoms with Gasteiger partial charge in [-0.1, -0.05) is 18.2 Å². The van der Waals surface area contributed by atoms with Gasteiger partial charge in [0.25, 0.3) is 0 Å². The molecular weight excluding hydrogens is 175 g/mol. The summed E-state index contributed by atoms with van der Waals surface area (Å²) in [6, 6.07) is 0. The molecule has 0 aromatic heterocycles. The lowest BCUT2D eigenvalue weighted by atomic mass is 10.0. The molecule has 3 atom stereocenters. The maximum Gasteiger partial charge on any atom is 0.0704 e. The van der Waals surface area contributed by atoms with Gasteiger partial charge in [0.15, 0.2) is 0 Å². The topological polar surface area (TPSA) is 52.0 Å². The van der Waals surface area contributed by atoms with Crippen molar-refractivity contribution < 1.29 is 0 Å². The molecule has 11 heavy (non-hydrogen) atoms. The van der Waals surface area contributed by atoms with Crippen molar-refractivity contribution in [2.45, 2.75) is 31.3 Å². The van der Waals surface area contributed by atoms with Crippen LogP contribution in [-0.2, 0) is 11.8 Å². The maximum absolute atomic E-state index is 5.83. The van der Waals surface area contributed by atoms with Crippen LogP contribution in [0.4, 0.5) is 0 Å². The maximum atomic E-state index is 5.83. The summed E-state index contributed by atoms with van der Waals surface area (Å²) in [4.78, 5) is 0. The lowest BCUT2D eigenvalue weighted by molar-refractivity contribution is 0.486. The highest BCUT2D eigenvalue weighted by Gasteiger charge is 2.43. The van der Waals surface area contributed by atoms with Crippen LogP contribution in [-0.4, -0.2) is 5.66 Å². The Hall–Kier alpha value is 0.570. The van der Waals surface area contributed by atoms with Crippen molar-refractivity contribution in [3.63, 3.8) is 0 Å². The lowest BCUT2D eigenvalue weighted by Gasteiger charge is -2.27. The fraction of sp³-hybridized carbons (Fsp3) is 1.00. The largest absolute Gasteiger partial charge is 0.291 e. The molecule has 0 heterocycles. The van der Waals surface area contributed by atoms with E-state index in [9.17, 15) is 0 Å².